The number of hydrogen-bond donors (Lipinski definition) is 1. The Morgan fingerprint density at radius 1 is 1.41 bits per heavy atom. The standard InChI is InChI=1S/C14H22N2O/c1-11(2)7-8-14(17)16(3)10-12-5-4-6-13(15)9-12/h4-6,9,11H,7-8,10,15H2,1-3H3. The molecule has 0 aliphatic rings. The van der Waals surface area contributed by atoms with Crippen LogP contribution in [0.3, 0.4) is 0 Å². The highest BCUT2D eigenvalue weighted by Gasteiger charge is 2.09. The molecule has 0 heterocycles. The highest BCUT2D eigenvalue weighted by atomic mass is 16.2. The van der Waals surface area contributed by atoms with Gasteiger partial charge in [-0.25, -0.2) is 0 Å². The third-order valence-electron chi connectivity index (χ3n) is 2.73. The second kappa shape index (κ2) is 6.28. The van der Waals surface area contributed by atoms with Crippen LogP contribution in [0, 0.1) is 5.92 Å². The number of rotatable bonds is 5. The average molecular weight is 234 g/mol. The molecule has 94 valence electrons. The lowest BCUT2D eigenvalue weighted by molar-refractivity contribution is -0.130. The molecule has 0 saturated carbocycles. The van der Waals surface area contributed by atoms with Crippen LogP contribution in [-0.2, 0) is 11.3 Å². The van der Waals surface area contributed by atoms with Gasteiger partial charge in [0.1, 0.15) is 0 Å². The summed E-state index contributed by atoms with van der Waals surface area (Å²) in [5.41, 5.74) is 7.52. The van der Waals surface area contributed by atoms with Gasteiger partial charge >= 0.3 is 0 Å². The van der Waals surface area contributed by atoms with Gasteiger partial charge in [-0.3, -0.25) is 4.79 Å². The van der Waals surface area contributed by atoms with E-state index in [1.165, 1.54) is 0 Å². The van der Waals surface area contributed by atoms with E-state index in [1.54, 1.807) is 4.90 Å². The third kappa shape index (κ3) is 4.89. The Labute approximate surface area is 104 Å². The summed E-state index contributed by atoms with van der Waals surface area (Å²) >= 11 is 0. The summed E-state index contributed by atoms with van der Waals surface area (Å²) in [7, 11) is 1.84. The van der Waals surface area contributed by atoms with Crippen LogP contribution in [0.4, 0.5) is 5.69 Å². The number of hydrogen-bond acceptors (Lipinski definition) is 2. The molecule has 0 aliphatic carbocycles. The SMILES string of the molecule is CC(C)CCC(=O)N(C)Cc1cccc(N)c1. The van der Waals surface area contributed by atoms with Crippen molar-refractivity contribution < 1.29 is 4.79 Å². The van der Waals surface area contributed by atoms with E-state index in [9.17, 15) is 4.79 Å². The van der Waals surface area contributed by atoms with Gasteiger partial charge in [0.05, 0.1) is 0 Å². The molecule has 1 rings (SSSR count). The molecule has 0 spiro atoms. The molecule has 1 aromatic carbocycles. The van der Waals surface area contributed by atoms with Crippen LogP contribution in [-0.4, -0.2) is 17.9 Å². The molecule has 2 N–H and O–H groups in total. The molecule has 1 amide bonds. The summed E-state index contributed by atoms with van der Waals surface area (Å²) in [6, 6.07) is 7.66. The van der Waals surface area contributed by atoms with Crippen LogP contribution in [0.25, 0.3) is 0 Å². The summed E-state index contributed by atoms with van der Waals surface area (Å²) in [5, 5.41) is 0. The fourth-order valence-electron chi connectivity index (χ4n) is 1.66. The van der Waals surface area contributed by atoms with Gasteiger partial charge in [0.15, 0.2) is 0 Å². The lowest BCUT2D eigenvalue weighted by Crippen LogP contribution is -2.26. The Hall–Kier alpha value is -1.51. The quantitative estimate of drug-likeness (QED) is 0.796. The van der Waals surface area contributed by atoms with Crippen LogP contribution in [0.2, 0.25) is 0 Å². The first-order valence-electron chi connectivity index (χ1n) is 6.07. The first-order chi connectivity index (χ1) is 7.99. The number of carbonyl (C=O) groups excluding carboxylic acids is 1. The normalized spacial score (nSPS) is 10.6. The zero-order chi connectivity index (χ0) is 12.8. The first-order valence-corrected chi connectivity index (χ1v) is 6.07. The summed E-state index contributed by atoms with van der Waals surface area (Å²) in [4.78, 5) is 13.6. The number of nitrogens with zero attached hydrogens (tertiary/aromatic N) is 1. The number of anilines is 1. The molecular formula is C14H22N2O. The van der Waals surface area contributed by atoms with Crippen molar-refractivity contribution in [2.24, 2.45) is 5.92 Å². The van der Waals surface area contributed by atoms with Crippen LogP contribution in [0.1, 0.15) is 32.3 Å². The van der Waals surface area contributed by atoms with Crippen molar-refractivity contribution in [2.75, 3.05) is 12.8 Å². The zero-order valence-electron chi connectivity index (χ0n) is 10.9. The van der Waals surface area contributed by atoms with Gasteiger partial charge in [-0.2, -0.15) is 0 Å². The van der Waals surface area contributed by atoms with Crippen molar-refractivity contribution in [3.05, 3.63) is 29.8 Å². The smallest absolute Gasteiger partial charge is 0.222 e. The predicted octanol–water partition coefficient (Wildman–Crippen LogP) is 2.66. The molecule has 3 nitrogen and oxygen atoms in total. The number of nitrogens with two attached hydrogens (primary N) is 1. The van der Waals surface area contributed by atoms with Crippen molar-refractivity contribution >= 4 is 11.6 Å². The second-order valence-corrected chi connectivity index (χ2v) is 4.93. The molecule has 0 aliphatic heterocycles. The maximum atomic E-state index is 11.8. The van der Waals surface area contributed by atoms with Crippen LogP contribution < -0.4 is 5.73 Å². The van der Waals surface area contributed by atoms with E-state index in [0.717, 1.165) is 17.7 Å². The number of benzene rings is 1. The molecule has 0 radical (unpaired) electrons. The van der Waals surface area contributed by atoms with E-state index < -0.39 is 0 Å². The zero-order valence-corrected chi connectivity index (χ0v) is 10.9. The fraction of sp³-hybridized carbons (Fsp3) is 0.500. The fourth-order valence-corrected chi connectivity index (χ4v) is 1.66. The summed E-state index contributed by atoms with van der Waals surface area (Å²) in [6.45, 7) is 4.89. The molecule has 0 aromatic heterocycles. The van der Waals surface area contributed by atoms with E-state index >= 15 is 0 Å². The van der Waals surface area contributed by atoms with Gasteiger partial charge in [-0.15, -0.1) is 0 Å². The van der Waals surface area contributed by atoms with Gasteiger partial charge in [0.25, 0.3) is 0 Å². The van der Waals surface area contributed by atoms with E-state index in [0.29, 0.717) is 18.9 Å². The third-order valence-corrected chi connectivity index (χ3v) is 2.73. The Bertz CT molecular complexity index is 374. The molecule has 0 bridgehead atoms. The maximum Gasteiger partial charge on any atom is 0.222 e. The van der Waals surface area contributed by atoms with Gasteiger partial charge in [-0.1, -0.05) is 26.0 Å². The van der Waals surface area contributed by atoms with Crippen LogP contribution in [0.15, 0.2) is 24.3 Å². The van der Waals surface area contributed by atoms with Crippen molar-refractivity contribution in [1.82, 2.24) is 4.90 Å². The van der Waals surface area contributed by atoms with Crippen molar-refractivity contribution in [2.45, 2.75) is 33.2 Å². The average Bonchev–Trinajstić information content (AvgIpc) is 2.25. The first kappa shape index (κ1) is 13.6. The lowest BCUT2D eigenvalue weighted by Gasteiger charge is -2.18. The minimum Gasteiger partial charge on any atom is -0.399 e. The summed E-state index contributed by atoms with van der Waals surface area (Å²) in [6.07, 6.45) is 1.57. The molecule has 0 fully saturated rings. The highest BCUT2D eigenvalue weighted by molar-refractivity contribution is 5.75. The van der Waals surface area contributed by atoms with E-state index in [4.69, 9.17) is 5.73 Å². The molecular weight excluding hydrogens is 212 g/mol. The van der Waals surface area contributed by atoms with Gasteiger partial charge in [0, 0.05) is 25.7 Å². The largest absolute Gasteiger partial charge is 0.399 e. The molecule has 0 atom stereocenters. The molecule has 0 unspecified atom stereocenters. The molecule has 3 heteroatoms. The van der Waals surface area contributed by atoms with Crippen molar-refractivity contribution in [1.29, 1.82) is 0 Å². The minimum atomic E-state index is 0.195. The second-order valence-electron chi connectivity index (χ2n) is 4.93. The number of carbonyl (C=O) groups is 1. The van der Waals surface area contributed by atoms with Crippen LogP contribution >= 0.6 is 0 Å². The van der Waals surface area contributed by atoms with E-state index in [-0.39, 0.29) is 5.91 Å². The van der Waals surface area contributed by atoms with Crippen molar-refractivity contribution in [3.8, 4) is 0 Å². The number of amides is 1. The maximum absolute atomic E-state index is 11.8. The Kier molecular flexibility index (Phi) is 5.01. The molecule has 1 aromatic rings. The summed E-state index contributed by atoms with van der Waals surface area (Å²) in [5.74, 6) is 0.765. The Morgan fingerprint density at radius 3 is 2.71 bits per heavy atom. The molecule has 0 saturated heterocycles. The van der Waals surface area contributed by atoms with Gasteiger partial charge < -0.3 is 10.6 Å². The van der Waals surface area contributed by atoms with E-state index in [1.807, 2.05) is 31.3 Å². The van der Waals surface area contributed by atoms with Gasteiger partial charge in [0.2, 0.25) is 5.91 Å². The monoisotopic (exact) mass is 234 g/mol. The van der Waals surface area contributed by atoms with Gasteiger partial charge in [-0.05, 0) is 30.0 Å². The Balaban J connectivity index is 2.48. The lowest BCUT2D eigenvalue weighted by atomic mass is 10.1. The number of nitrogen functional groups attached to an aromatic ring is 1. The molecule has 17 heavy (non-hydrogen) atoms. The highest BCUT2D eigenvalue weighted by Crippen LogP contribution is 2.11. The van der Waals surface area contributed by atoms with E-state index in [2.05, 4.69) is 13.8 Å². The van der Waals surface area contributed by atoms with Crippen molar-refractivity contribution in [3.63, 3.8) is 0 Å². The topological polar surface area (TPSA) is 46.3 Å². The Morgan fingerprint density at radius 2 is 2.12 bits per heavy atom. The minimum absolute atomic E-state index is 0.195. The van der Waals surface area contributed by atoms with Crippen LogP contribution in [0.5, 0.6) is 0 Å². The predicted molar refractivity (Wildman–Crippen MR) is 71.4 cm³/mol. The summed E-state index contributed by atoms with van der Waals surface area (Å²) < 4.78 is 0.